The first-order valence-corrected chi connectivity index (χ1v) is 5.90. The molecule has 1 atom stereocenters. The number of aliphatic hydroxyl groups is 1. The van der Waals surface area contributed by atoms with Crippen molar-refractivity contribution in [2.24, 2.45) is 0 Å². The topological polar surface area (TPSA) is 75.6 Å². The molecule has 0 aliphatic rings. The largest absolute Gasteiger partial charge is 0.452 e. The maximum atomic E-state index is 13.8. The third kappa shape index (κ3) is 5.34. The molecule has 0 aromatic heterocycles. The number of hydrogen-bond donors (Lipinski definition) is 2. The van der Waals surface area contributed by atoms with Gasteiger partial charge in [0.05, 0.1) is 0 Å². The van der Waals surface area contributed by atoms with Gasteiger partial charge in [0.25, 0.3) is 5.91 Å². The van der Waals surface area contributed by atoms with E-state index in [1.807, 2.05) is 5.32 Å². The Morgan fingerprint density at radius 1 is 1.47 bits per heavy atom. The SMILES string of the molecule is C=C(C)C(=O)OC(CC)C(F)(F)C(=O)NCCCO. The fraction of sp³-hybridized carbons (Fsp3) is 0.667. The van der Waals surface area contributed by atoms with Crippen LogP contribution in [0, 0.1) is 0 Å². The number of ether oxygens (including phenoxy) is 1. The summed E-state index contributed by atoms with van der Waals surface area (Å²) in [5.41, 5.74) is -0.0186. The zero-order valence-electron chi connectivity index (χ0n) is 11.0. The van der Waals surface area contributed by atoms with Crippen LogP contribution in [0.3, 0.4) is 0 Å². The Morgan fingerprint density at radius 2 is 2.05 bits per heavy atom. The maximum Gasteiger partial charge on any atom is 0.360 e. The molecule has 0 bridgehead atoms. The van der Waals surface area contributed by atoms with Crippen LogP contribution in [0.25, 0.3) is 0 Å². The van der Waals surface area contributed by atoms with E-state index in [-0.39, 0.29) is 31.6 Å². The lowest BCUT2D eigenvalue weighted by molar-refractivity contribution is -0.179. The quantitative estimate of drug-likeness (QED) is 0.395. The van der Waals surface area contributed by atoms with Gasteiger partial charge in [-0.05, 0) is 19.8 Å². The fourth-order valence-electron chi connectivity index (χ4n) is 1.19. The average molecular weight is 279 g/mol. The van der Waals surface area contributed by atoms with E-state index in [4.69, 9.17) is 5.11 Å². The van der Waals surface area contributed by atoms with Crippen molar-refractivity contribution in [3.63, 3.8) is 0 Å². The van der Waals surface area contributed by atoms with Crippen LogP contribution in [0.15, 0.2) is 12.2 Å². The second kappa shape index (κ2) is 7.83. The molecule has 19 heavy (non-hydrogen) atoms. The summed E-state index contributed by atoms with van der Waals surface area (Å²) in [6.07, 6.45) is -1.88. The van der Waals surface area contributed by atoms with E-state index in [1.54, 1.807) is 0 Å². The molecular formula is C12H19F2NO4. The first-order valence-electron chi connectivity index (χ1n) is 5.90. The molecule has 110 valence electrons. The minimum atomic E-state index is -3.82. The second-order valence-electron chi connectivity index (χ2n) is 4.04. The van der Waals surface area contributed by atoms with Crippen molar-refractivity contribution in [2.75, 3.05) is 13.2 Å². The Balaban J connectivity index is 4.67. The van der Waals surface area contributed by atoms with E-state index in [1.165, 1.54) is 13.8 Å². The molecule has 0 aliphatic carbocycles. The maximum absolute atomic E-state index is 13.8. The molecule has 1 unspecified atom stereocenters. The van der Waals surface area contributed by atoms with Crippen LogP contribution in [0.4, 0.5) is 8.78 Å². The van der Waals surface area contributed by atoms with Gasteiger partial charge < -0.3 is 15.2 Å². The van der Waals surface area contributed by atoms with Gasteiger partial charge in [-0.25, -0.2) is 4.79 Å². The van der Waals surface area contributed by atoms with Crippen molar-refractivity contribution in [1.82, 2.24) is 5.32 Å². The van der Waals surface area contributed by atoms with Gasteiger partial charge in [-0.3, -0.25) is 4.79 Å². The van der Waals surface area contributed by atoms with Crippen molar-refractivity contribution in [3.05, 3.63) is 12.2 Å². The van der Waals surface area contributed by atoms with Crippen LogP contribution in [0.5, 0.6) is 0 Å². The van der Waals surface area contributed by atoms with Crippen LogP contribution in [0.1, 0.15) is 26.7 Å². The van der Waals surface area contributed by atoms with Crippen molar-refractivity contribution < 1.29 is 28.2 Å². The number of hydrogen-bond acceptors (Lipinski definition) is 4. The van der Waals surface area contributed by atoms with Gasteiger partial charge >= 0.3 is 11.9 Å². The Labute approximate surface area is 110 Å². The van der Waals surface area contributed by atoms with Gasteiger partial charge in [-0.15, -0.1) is 0 Å². The second-order valence-corrected chi connectivity index (χ2v) is 4.04. The summed E-state index contributed by atoms with van der Waals surface area (Å²) in [6.45, 7) is 5.70. The molecule has 0 aliphatic heterocycles. The molecule has 0 saturated carbocycles. The molecule has 0 aromatic rings. The number of aliphatic hydroxyl groups excluding tert-OH is 1. The molecule has 0 aromatic carbocycles. The highest BCUT2D eigenvalue weighted by Crippen LogP contribution is 2.25. The number of carbonyl (C=O) groups is 2. The Hall–Kier alpha value is -1.50. The number of amides is 1. The van der Waals surface area contributed by atoms with Crippen LogP contribution < -0.4 is 5.32 Å². The summed E-state index contributed by atoms with van der Waals surface area (Å²) in [5.74, 6) is -6.31. The van der Waals surface area contributed by atoms with E-state index in [9.17, 15) is 18.4 Å². The third-order valence-corrected chi connectivity index (χ3v) is 2.30. The molecular weight excluding hydrogens is 260 g/mol. The van der Waals surface area contributed by atoms with E-state index in [0.29, 0.717) is 0 Å². The zero-order chi connectivity index (χ0) is 15.1. The molecule has 0 heterocycles. The fourth-order valence-corrected chi connectivity index (χ4v) is 1.19. The van der Waals surface area contributed by atoms with Crippen LogP contribution in [-0.2, 0) is 14.3 Å². The predicted molar refractivity (Wildman–Crippen MR) is 64.6 cm³/mol. The minimum absolute atomic E-state index is 0.0186. The monoisotopic (exact) mass is 279 g/mol. The number of esters is 1. The molecule has 2 N–H and O–H groups in total. The van der Waals surface area contributed by atoms with Crippen molar-refractivity contribution >= 4 is 11.9 Å². The number of rotatable bonds is 8. The number of alkyl halides is 2. The van der Waals surface area contributed by atoms with Crippen LogP contribution in [0.2, 0.25) is 0 Å². The van der Waals surface area contributed by atoms with Crippen LogP contribution in [-0.4, -0.2) is 42.2 Å². The van der Waals surface area contributed by atoms with Gasteiger partial charge in [0.1, 0.15) is 0 Å². The number of halogens is 2. The molecule has 7 heteroatoms. The smallest absolute Gasteiger partial charge is 0.360 e. The molecule has 0 radical (unpaired) electrons. The Morgan fingerprint density at radius 3 is 2.47 bits per heavy atom. The van der Waals surface area contributed by atoms with E-state index >= 15 is 0 Å². The highest BCUT2D eigenvalue weighted by Gasteiger charge is 2.48. The highest BCUT2D eigenvalue weighted by atomic mass is 19.3. The molecule has 0 fully saturated rings. The Bertz CT molecular complexity index is 345. The highest BCUT2D eigenvalue weighted by molar-refractivity contribution is 5.88. The van der Waals surface area contributed by atoms with E-state index in [0.717, 1.165) is 0 Å². The van der Waals surface area contributed by atoms with Gasteiger partial charge in [-0.1, -0.05) is 13.5 Å². The van der Waals surface area contributed by atoms with Gasteiger partial charge in [0, 0.05) is 18.7 Å². The lowest BCUT2D eigenvalue weighted by Crippen LogP contribution is -2.50. The minimum Gasteiger partial charge on any atom is -0.452 e. The molecule has 0 rings (SSSR count). The van der Waals surface area contributed by atoms with E-state index < -0.39 is 23.9 Å². The summed E-state index contributed by atoms with van der Waals surface area (Å²) in [5, 5.41) is 10.5. The van der Waals surface area contributed by atoms with Crippen molar-refractivity contribution in [2.45, 2.75) is 38.7 Å². The lowest BCUT2D eigenvalue weighted by Gasteiger charge is -2.24. The van der Waals surface area contributed by atoms with E-state index in [2.05, 4.69) is 11.3 Å². The summed E-state index contributed by atoms with van der Waals surface area (Å²) < 4.78 is 32.1. The zero-order valence-corrected chi connectivity index (χ0v) is 11.0. The molecule has 1 amide bonds. The Kier molecular flexibility index (Phi) is 7.21. The summed E-state index contributed by atoms with van der Waals surface area (Å²) in [4.78, 5) is 22.6. The third-order valence-electron chi connectivity index (χ3n) is 2.30. The normalized spacial score (nSPS) is 12.7. The van der Waals surface area contributed by atoms with Gasteiger partial charge in [-0.2, -0.15) is 8.78 Å². The first-order chi connectivity index (χ1) is 8.77. The predicted octanol–water partition coefficient (Wildman–Crippen LogP) is 1.02. The molecule has 0 spiro atoms. The average Bonchev–Trinajstić information content (AvgIpc) is 2.35. The first kappa shape index (κ1) is 17.5. The molecule has 5 nitrogen and oxygen atoms in total. The molecule has 0 saturated heterocycles. The van der Waals surface area contributed by atoms with Crippen molar-refractivity contribution in [3.8, 4) is 0 Å². The number of carbonyl (C=O) groups excluding carboxylic acids is 2. The van der Waals surface area contributed by atoms with Gasteiger partial charge in [0.15, 0.2) is 6.10 Å². The van der Waals surface area contributed by atoms with Crippen LogP contribution >= 0.6 is 0 Å². The van der Waals surface area contributed by atoms with Gasteiger partial charge in [0.2, 0.25) is 0 Å². The summed E-state index contributed by atoms with van der Waals surface area (Å²) >= 11 is 0. The lowest BCUT2D eigenvalue weighted by atomic mass is 10.1. The summed E-state index contributed by atoms with van der Waals surface area (Å²) in [6, 6.07) is 0. The van der Waals surface area contributed by atoms with Crippen molar-refractivity contribution in [1.29, 1.82) is 0 Å². The number of nitrogens with one attached hydrogen (secondary N) is 1. The summed E-state index contributed by atoms with van der Waals surface area (Å²) in [7, 11) is 0. The standard InChI is InChI=1S/C12H19F2NO4/c1-4-9(19-10(17)8(2)3)12(13,14)11(18)15-6-5-7-16/h9,16H,2,4-7H2,1,3H3,(H,15,18).